The van der Waals surface area contributed by atoms with Crippen molar-refractivity contribution in [1.82, 2.24) is 4.57 Å². The fraction of sp³-hybridized carbons (Fsp3) is 0.138. The summed E-state index contributed by atoms with van der Waals surface area (Å²) in [6.07, 6.45) is 1.87. The van der Waals surface area contributed by atoms with Crippen LogP contribution in [0.2, 0.25) is 5.02 Å². The molecular formula is C29H25ClN4O2S. The standard InChI is InChI=1S/C29H25ClN4O2S/c1-18-25(27(35)32-22-7-5-4-6-8-22)26(20-11-13-21(30)14-12-20)34-28(36)24(37-29(34)31-18)17-19-9-15-23(16-10-19)33(2)3/h4-17,26H,1-3H3,(H,32,35). The van der Waals surface area contributed by atoms with Crippen molar-refractivity contribution >= 4 is 46.3 Å². The van der Waals surface area contributed by atoms with Crippen molar-refractivity contribution in [3.05, 3.63) is 126 Å². The van der Waals surface area contributed by atoms with E-state index in [1.54, 1.807) is 23.6 Å². The average molecular weight is 529 g/mol. The van der Waals surface area contributed by atoms with E-state index in [2.05, 4.69) is 5.32 Å². The molecule has 0 bridgehead atoms. The molecule has 4 aromatic rings. The maximum Gasteiger partial charge on any atom is 0.271 e. The minimum Gasteiger partial charge on any atom is -0.378 e. The summed E-state index contributed by atoms with van der Waals surface area (Å²) in [5.74, 6) is -0.305. The Morgan fingerprint density at radius 2 is 1.70 bits per heavy atom. The molecule has 0 saturated carbocycles. The number of para-hydroxylation sites is 1. The first kappa shape index (κ1) is 24.7. The van der Waals surface area contributed by atoms with Crippen LogP contribution in [0.5, 0.6) is 0 Å². The fourth-order valence-electron chi connectivity index (χ4n) is 4.31. The lowest BCUT2D eigenvalue weighted by Gasteiger charge is -2.25. The second kappa shape index (κ2) is 10.2. The van der Waals surface area contributed by atoms with Crippen LogP contribution >= 0.6 is 22.9 Å². The number of fused-ring (bicyclic) bond motifs is 1. The van der Waals surface area contributed by atoms with Crippen molar-refractivity contribution in [2.45, 2.75) is 13.0 Å². The predicted molar refractivity (Wildman–Crippen MR) is 151 cm³/mol. The van der Waals surface area contributed by atoms with Gasteiger partial charge >= 0.3 is 0 Å². The molecule has 1 amide bonds. The van der Waals surface area contributed by atoms with Gasteiger partial charge in [-0.05, 0) is 60.5 Å². The molecule has 3 aromatic carbocycles. The molecule has 5 rings (SSSR count). The molecule has 0 aliphatic carbocycles. The molecule has 186 valence electrons. The summed E-state index contributed by atoms with van der Waals surface area (Å²) in [5.41, 5.74) is 4.22. The van der Waals surface area contributed by atoms with Gasteiger partial charge in [0.2, 0.25) is 0 Å². The summed E-state index contributed by atoms with van der Waals surface area (Å²) < 4.78 is 2.16. The average Bonchev–Trinajstić information content (AvgIpc) is 3.18. The Labute approximate surface area is 223 Å². The van der Waals surface area contributed by atoms with E-state index in [9.17, 15) is 9.59 Å². The van der Waals surface area contributed by atoms with Gasteiger partial charge in [0.1, 0.15) is 0 Å². The second-order valence-electron chi connectivity index (χ2n) is 8.94. The number of anilines is 2. The molecule has 0 fully saturated rings. The Hall–Kier alpha value is -3.94. The largest absolute Gasteiger partial charge is 0.378 e. The van der Waals surface area contributed by atoms with Crippen molar-refractivity contribution in [1.29, 1.82) is 0 Å². The van der Waals surface area contributed by atoms with Crippen LogP contribution in [0.15, 0.2) is 99.9 Å². The van der Waals surface area contributed by atoms with Crippen LogP contribution in [0.1, 0.15) is 24.1 Å². The van der Waals surface area contributed by atoms with Crippen molar-refractivity contribution in [3.63, 3.8) is 0 Å². The lowest BCUT2D eigenvalue weighted by molar-refractivity contribution is -0.113. The number of benzene rings is 3. The van der Waals surface area contributed by atoms with Crippen molar-refractivity contribution in [2.75, 3.05) is 24.3 Å². The van der Waals surface area contributed by atoms with Crippen LogP contribution in [0.25, 0.3) is 6.08 Å². The first-order valence-electron chi connectivity index (χ1n) is 11.7. The van der Waals surface area contributed by atoms with Gasteiger partial charge in [-0.3, -0.25) is 14.2 Å². The van der Waals surface area contributed by atoms with E-state index in [0.29, 0.717) is 31.3 Å². The van der Waals surface area contributed by atoms with Gasteiger partial charge in [0, 0.05) is 30.5 Å². The number of allylic oxidation sites excluding steroid dienone is 1. The lowest BCUT2D eigenvalue weighted by atomic mass is 9.95. The summed E-state index contributed by atoms with van der Waals surface area (Å²) in [6.45, 7) is 1.81. The number of aromatic nitrogens is 1. The monoisotopic (exact) mass is 528 g/mol. The third-order valence-electron chi connectivity index (χ3n) is 6.19. The molecule has 0 spiro atoms. The number of halogens is 1. The highest BCUT2D eigenvalue weighted by atomic mass is 35.5. The van der Waals surface area contributed by atoms with Gasteiger partial charge in [0.15, 0.2) is 4.80 Å². The number of amides is 1. The third kappa shape index (κ3) is 5.01. The van der Waals surface area contributed by atoms with E-state index < -0.39 is 6.04 Å². The minimum atomic E-state index is -0.643. The van der Waals surface area contributed by atoms with Crippen LogP contribution < -0.4 is 25.1 Å². The van der Waals surface area contributed by atoms with Gasteiger partial charge in [-0.1, -0.05) is 65.4 Å². The van der Waals surface area contributed by atoms with Crippen molar-refractivity contribution < 1.29 is 4.79 Å². The smallest absolute Gasteiger partial charge is 0.271 e. The maximum absolute atomic E-state index is 13.8. The molecular weight excluding hydrogens is 504 g/mol. The maximum atomic E-state index is 13.8. The van der Waals surface area contributed by atoms with Gasteiger partial charge in [0.05, 0.1) is 21.8 Å². The van der Waals surface area contributed by atoms with Crippen LogP contribution in [-0.4, -0.2) is 24.6 Å². The number of carbonyl (C=O) groups excluding carboxylic acids is 1. The molecule has 1 aliphatic heterocycles. The highest BCUT2D eigenvalue weighted by Gasteiger charge is 2.32. The predicted octanol–water partition coefficient (Wildman–Crippen LogP) is 4.59. The number of carbonyl (C=O) groups is 1. The first-order chi connectivity index (χ1) is 17.8. The molecule has 1 N–H and O–H groups in total. The Bertz CT molecular complexity index is 1670. The van der Waals surface area contributed by atoms with Gasteiger partial charge in [-0.15, -0.1) is 0 Å². The van der Waals surface area contributed by atoms with Gasteiger partial charge in [0.25, 0.3) is 11.5 Å². The van der Waals surface area contributed by atoms with Crippen LogP contribution in [-0.2, 0) is 4.79 Å². The van der Waals surface area contributed by atoms with Crippen LogP contribution in [0, 0.1) is 0 Å². The lowest BCUT2D eigenvalue weighted by Crippen LogP contribution is -2.40. The van der Waals surface area contributed by atoms with E-state index >= 15 is 0 Å². The second-order valence-corrected chi connectivity index (χ2v) is 10.4. The molecule has 0 saturated heterocycles. The Balaban J connectivity index is 1.64. The summed E-state index contributed by atoms with van der Waals surface area (Å²) >= 11 is 7.47. The molecule has 0 radical (unpaired) electrons. The zero-order chi connectivity index (χ0) is 26.1. The number of thiazole rings is 1. The highest BCUT2D eigenvalue weighted by Crippen LogP contribution is 2.31. The van der Waals surface area contributed by atoms with E-state index in [1.807, 2.05) is 91.8 Å². The fourth-order valence-corrected chi connectivity index (χ4v) is 5.48. The molecule has 1 unspecified atom stereocenters. The normalized spacial score (nSPS) is 15.2. The van der Waals surface area contributed by atoms with E-state index in [1.165, 1.54) is 11.3 Å². The first-order valence-corrected chi connectivity index (χ1v) is 12.9. The van der Waals surface area contributed by atoms with E-state index in [0.717, 1.165) is 16.8 Å². The Kier molecular flexibility index (Phi) is 6.82. The number of hydrogen-bond acceptors (Lipinski definition) is 5. The molecule has 8 heteroatoms. The molecule has 1 aliphatic rings. The molecule has 2 heterocycles. The van der Waals surface area contributed by atoms with Gasteiger partial charge < -0.3 is 10.2 Å². The number of nitrogens with one attached hydrogen (secondary N) is 1. The minimum absolute atomic E-state index is 0.196. The van der Waals surface area contributed by atoms with E-state index in [-0.39, 0.29) is 11.5 Å². The summed E-state index contributed by atoms with van der Waals surface area (Å²) in [5, 5.41) is 3.53. The topological polar surface area (TPSA) is 66.7 Å². The summed E-state index contributed by atoms with van der Waals surface area (Å²) in [7, 11) is 3.97. The van der Waals surface area contributed by atoms with Gasteiger partial charge in [-0.25, -0.2) is 4.99 Å². The Morgan fingerprint density at radius 3 is 2.35 bits per heavy atom. The molecule has 1 atom stereocenters. The highest BCUT2D eigenvalue weighted by molar-refractivity contribution is 7.07. The summed E-state index contributed by atoms with van der Waals surface area (Å²) in [4.78, 5) is 34.6. The van der Waals surface area contributed by atoms with E-state index in [4.69, 9.17) is 16.6 Å². The third-order valence-corrected chi connectivity index (χ3v) is 7.43. The SMILES string of the molecule is CC1=C(C(=O)Nc2ccccc2)C(c2ccc(Cl)cc2)n2c(sc(=Cc3ccc(N(C)C)cc3)c2=O)=N1. The van der Waals surface area contributed by atoms with Gasteiger partial charge in [-0.2, -0.15) is 0 Å². The quantitative estimate of drug-likeness (QED) is 0.412. The van der Waals surface area contributed by atoms with Crippen molar-refractivity contribution in [3.8, 4) is 0 Å². The number of nitrogens with zero attached hydrogens (tertiary/aromatic N) is 3. The number of hydrogen-bond donors (Lipinski definition) is 1. The van der Waals surface area contributed by atoms with Crippen LogP contribution in [0.4, 0.5) is 11.4 Å². The molecule has 37 heavy (non-hydrogen) atoms. The zero-order valence-corrected chi connectivity index (χ0v) is 22.2. The zero-order valence-electron chi connectivity index (χ0n) is 20.6. The van der Waals surface area contributed by atoms with Crippen LogP contribution in [0.3, 0.4) is 0 Å². The Morgan fingerprint density at radius 1 is 1.03 bits per heavy atom. The van der Waals surface area contributed by atoms with Crippen molar-refractivity contribution in [2.24, 2.45) is 4.99 Å². The molecule has 6 nitrogen and oxygen atoms in total. The number of rotatable bonds is 5. The molecule has 1 aromatic heterocycles. The summed E-state index contributed by atoms with van der Waals surface area (Å²) in [6, 6.07) is 23.8.